The molecule has 0 aromatic carbocycles. The maximum atomic E-state index is 12.7. The van der Waals surface area contributed by atoms with Gasteiger partial charge in [-0.15, -0.1) is 11.6 Å². The van der Waals surface area contributed by atoms with E-state index in [4.69, 9.17) is 11.6 Å². The van der Waals surface area contributed by atoms with Crippen molar-refractivity contribution in [3.8, 4) is 0 Å². The lowest BCUT2D eigenvalue weighted by molar-refractivity contribution is 0.0702. The molecule has 0 aliphatic heterocycles. The Hall–Kier alpha value is -1.55. The van der Waals surface area contributed by atoms with Gasteiger partial charge >= 0.3 is 0 Å². The molecule has 0 spiro atoms. The molecule has 5 heteroatoms. The van der Waals surface area contributed by atoms with E-state index in [9.17, 15) is 4.79 Å². The number of halogens is 1. The topological polar surface area (TPSA) is 37.6 Å². The number of nitrogens with zero attached hydrogens (tertiary/aromatic N) is 3. The molecule has 2 heterocycles. The molecule has 0 bridgehead atoms. The number of hydrogen-bond acceptors (Lipinski definition) is 2. The second kappa shape index (κ2) is 5.44. The van der Waals surface area contributed by atoms with Crippen LogP contribution in [0.1, 0.15) is 36.0 Å². The van der Waals surface area contributed by atoms with Gasteiger partial charge in [0, 0.05) is 19.3 Å². The van der Waals surface area contributed by atoms with E-state index >= 15 is 0 Å². The van der Waals surface area contributed by atoms with Crippen LogP contribution in [0.5, 0.6) is 0 Å². The van der Waals surface area contributed by atoms with Crippen molar-refractivity contribution >= 4 is 23.0 Å². The van der Waals surface area contributed by atoms with Gasteiger partial charge < -0.3 is 4.90 Å². The van der Waals surface area contributed by atoms with Gasteiger partial charge in [-0.2, -0.15) is 5.10 Å². The fraction of sp³-hybridized carbons (Fsp3) is 0.467. The smallest absolute Gasteiger partial charge is 0.257 e. The summed E-state index contributed by atoms with van der Waals surface area (Å²) in [5, 5.41) is 4.28. The van der Waals surface area contributed by atoms with Crippen LogP contribution in [0.15, 0.2) is 30.6 Å². The summed E-state index contributed by atoms with van der Waals surface area (Å²) < 4.78 is 1.72. The van der Waals surface area contributed by atoms with Crippen molar-refractivity contribution in [3.05, 3.63) is 36.2 Å². The number of rotatable bonds is 2. The van der Waals surface area contributed by atoms with E-state index in [2.05, 4.69) is 5.10 Å². The fourth-order valence-corrected chi connectivity index (χ4v) is 3.39. The van der Waals surface area contributed by atoms with E-state index in [0.717, 1.165) is 31.2 Å². The summed E-state index contributed by atoms with van der Waals surface area (Å²) in [5.41, 5.74) is 1.48. The molecule has 3 rings (SSSR count). The number of aromatic nitrogens is 2. The summed E-state index contributed by atoms with van der Waals surface area (Å²) in [4.78, 5) is 14.5. The van der Waals surface area contributed by atoms with Gasteiger partial charge in [0.15, 0.2) is 0 Å². The van der Waals surface area contributed by atoms with Gasteiger partial charge in [0.05, 0.1) is 22.7 Å². The zero-order chi connectivity index (χ0) is 14.1. The second-order valence-corrected chi connectivity index (χ2v) is 5.93. The molecule has 1 aliphatic carbocycles. The van der Waals surface area contributed by atoms with Crippen molar-refractivity contribution in [2.75, 3.05) is 7.05 Å². The van der Waals surface area contributed by atoms with Gasteiger partial charge in [0.25, 0.3) is 5.91 Å². The summed E-state index contributed by atoms with van der Waals surface area (Å²) >= 11 is 6.39. The van der Waals surface area contributed by atoms with E-state index in [1.54, 1.807) is 15.6 Å². The quantitative estimate of drug-likeness (QED) is 0.798. The van der Waals surface area contributed by atoms with Crippen LogP contribution in [0.2, 0.25) is 0 Å². The first-order chi connectivity index (χ1) is 9.68. The predicted octanol–water partition coefficient (Wildman–Crippen LogP) is 2.96. The first-order valence-electron chi connectivity index (χ1n) is 7.02. The number of hydrogen-bond donors (Lipinski definition) is 0. The maximum absolute atomic E-state index is 12.7. The lowest BCUT2D eigenvalue weighted by Gasteiger charge is -2.34. The van der Waals surface area contributed by atoms with Crippen LogP contribution in [0.25, 0.3) is 5.52 Å². The van der Waals surface area contributed by atoms with Crippen LogP contribution >= 0.6 is 11.6 Å². The highest BCUT2D eigenvalue weighted by Gasteiger charge is 2.30. The molecule has 20 heavy (non-hydrogen) atoms. The lowest BCUT2D eigenvalue weighted by Crippen LogP contribution is -2.44. The van der Waals surface area contributed by atoms with E-state index < -0.39 is 0 Å². The normalized spacial score (nSPS) is 22.9. The van der Waals surface area contributed by atoms with Gasteiger partial charge in [-0.1, -0.05) is 18.9 Å². The van der Waals surface area contributed by atoms with E-state index in [1.165, 1.54) is 0 Å². The third kappa shape index (κ3) is 2.29. The average molecular weight is 292 g/mol. The first kappa shape index (κ1) is 13.4. The minimum Gasteiger partial charge on any atom is -0.337 e. The summed E-state index contributed by atoms with van der Waals surface area (Å²) in [6, 6.07) is 5.84. The van der Waals surface area contributed by atoms with Crippen LogP contribution < -0.4 is 0 Å². The summed E-state index contributed by atoms with van der Waals surface area (Å²) in [5.74, 6) is 0.00347. The molecule has 106 valence electrons. The highest BCUT2D eigenvalue weighted by Crippen LogP contribution is 2.27. The predicted molar refractivity (Wildman–Crippen MR) is 79.2 cm³/mol. The van der Waals surface area contributed by atoms with Gasteiger partial charge in [0.2, 0.25) is 0 Å². The van der Waals surface area contributed by atoms with Crippen molar-refractivity contribution in [3.63, 3.8) is 0 Å². The van der Waals surface area contributed by atoms with Gasteiger partial charge in [-0.05, 0) is 25.0 Å². The van der Waals surface area contributed by atoms with Gasteiger partial charge in [-0.3, -0.25) is 4.79 Å². The second-order valence-electron chi connectivity index (χ2n) is 5.37. The zero-order valence-electron chi connectivity index (χ0n) is 11.5. The summed E-state index contributed by atoms with van der Waals surface area (Å²) in [6.07, 6.45) is 7.75. The first-order valence-corrected chi connectivity index (χ1v) is 7.45. The molecule has 2 unspecified atom stereocenters. The largest absolute Gasteiger partial charge is 0.337 e. The van der Waals surface area contributed by atoms with Crippen LogP contribution in [0, 0.1) is 0 Å². The van der Waals surface area contributed by atoms with E-state index in [1.807, 2.05) is 31.4 Å². The van der Waals surface area contributed by atoms with Crippen molar-refractivity contribution < 1.29 is 4.79 Å². The standard InChI is InChI=1S/C15H18ClN3O/c1-18(14-8-3-2-6-12(14)16)15(20)11-10-17-19-9-5-4-7-13(11)19/h4-5,7,9-10,12,14H,2-3,6,8H2,1H3. The van der Waals surface area contributed by atoms with Crippen molar-refractivity contribution in [2.24, 2.45) is 0 Å². The minimum absolute atomic E-state index is 0.00347. The lowest BCUT2D eigenvalue weighted by atomic mass is 9.93. The molecule has 2 atom stereocenters. The van der Waals surface area contributed by atoms with Crippen molar-refractivity contribution in [2.45, 2.75) is 37.1 Å². The molecule has 1 saturated carbocycles. The van der Waals surface area contributed by atoms with Gasteiger partial charge in [0.1, 0.15) is 0 Å². The number of pyridine rings is 1. The fourth-order valence-electron chi connectivity index (χ4n) is 2.94. The molecule has 2 aromatic heterocycles. The Balaban J connectivity index is 1.88. The number of carbonyl (C=O) groups excluding carboxylic acids is 1. The molecule has 1 aliphatic rings. The number of carbonyl (C=O) groups is 1. The van der Waals surface area contributed by atoms with Crippen molar-refractivity contribution in [1.82, 2.24) is 14.5 Å². The SMILES string of the molecule is CN(C(=O)c1cnn2ccccc12)C1CCCCC1Cl. The summed E-state index contributed by atoms with van der Waals surface area (Å²) in [6.45, 7) is 0. The molecule has 0 radical (unpaired) electrons. The molecular weight excluding hydrogens is 274 g/mol. The molecule has 4 nitrogen and oxygen atoms in total. The third-order valence-corrected chi connectivity index (χ3v) is 4.63. The van der Waals surface area contributed by atoms with Crippen molar-refractivity contribution in [1.29, 1.82) is 0 Å². The minimum atomic E-state index is 0.00347. The molecular formula is C15H18ClN3O. The van der Waals surface area contributed by atoms with Crippen LogP contribution in [0.4, 0.5) is 0 Å². The molecule has 1 amide bonds. The average Bonchev–Trinajstić information content (AvgIpc) is 2.90. The monoisotopic (exact) mass is 291 g/mol. The van der Waals surface area contributed by atoms with Crippen LogP contribution in [-0.4, -0.2) is 38.9 Å². The van der Waals surface area contributed by atoms with E-state index in [0.29, 0.717) is 5.56 Å². The molecule has 1 fully saturated rings. The molecule has 0 saturated heterocycles. The number of amides is 1. The Kier molecular flexibility index (Phi) is 3.66. The third-order valence-electron chi connectivity index (χ3n) is 4.12. The van der Waals surface area contributed by atoms with E-state index in [-0.39, 0.29) is 17.3 Å². The zero-order valence-corrected chi connectivity index (χ0v) is 12.3. The highest BCUT2D eigenvalue weighted by molar-refractivity contribution is 6.21. The van der Waals surface area contributed by atoms with Crippen LogP contribution in [-0.2, 0) is 0 Å². The Morgan fingerprint density at radius 3 is 3.00 bits per heavy atom. The maximum Gasteiger partial charge on any atom is 0.257 e. The number of alkyl halides is 1. The Morgan fingerprint density at radius 1 is 1.40 bits per heavy atom. The van der Waals surface area contributed by atoms with Crippen LogP contribution in [0.3, 0.4) is 0 Å². The Bertz CT molecular complexity index is 624. The highest BCUT2D eigenvalue weighted by atomic mass is 35.5. The van der Waals surface area contributed by atoms with Gasteiger partial charge in [-0.25, -0.2) is 4.52 Å². The Morgan fingerprint density at radius 2 is 2.20 bits per heavy atom. The Labute approximate surface area is 123 Å². The molecule has 2 aromatic rings. The summed E-state index contributed by atoms with van der Waals surface area (Å²) in [7, 11) is 1.85. The molecule has 0 N–H and O–H groups in total. The number of fused-ring (bicyclic) bond motifs is 1.